The van der Waals surface area contributed by atoms with Gasteiger partial charge in [0.2, 0.25) is 0 Å². The standard InChI is InChI=1S/C20H16BrNO2S/c1-15-7-13-19(14-8-15)25(23,24)22-20(16-5-3-2-4-6-16)17-9-11-18(21)12-10-17/h2-14H,1H3/b22-20+. The second kappa shape index (κ2) is 7.33. The molecule has 0 saturated carbocycles. The average molecular weight is 414 g/mol. The topological polar surface area (TPSA) is 46.5 Å². The molecule has 0 bridgehead atoms. The number of sulfonamides is 1. The number of aryl methyl sites for hydroxylation is 1. The summed E-state index contributed by atoms with van der Waals surface area (Å²) >= 11 is 3.40. The summed E-state index contributed by atoms with van der Waals surface area (Å²) < 4.78 is 30.6. The van der Waals surface area contributed by atoms with E-state index in [4.69, 9.17) is 0 Å². The van der Waals surface area contributed by atoms with Crippen LogP contribution in [0.2, 0.25) is 0 Å². The van der Waals surface area contributed by atoms with E-state index in [1.165, 1.54) is 0 Å². The molecule has 0 N–H and O–H groups in total. The van der Waals surface area contributed by atoms with Crippen LogP contribution in [0.25, 0.3) is 0 Å². The van der Waals surface area contributed by atoms with Crippen LogP contribution in [-0.4, -0.2) is 14.1 Å². The molecule has 0 aliphatic carbocycles. The van der Waals surface area contributed by atoms with Crippen LogP contribution in [-0.2, 0) is 10.0 Å². The normalized spacial score (nSPS) is 12.2. The number of nitrogens with zero attached hydrogens (tertiary/aromatic N) is 1. The number of hydrogen-bond donors (Lipinski definition) is 0. The molecule has 25 heavy (non-hydrogen) atoms. The van der Waals surface area contributed by atoms with Crippen molar-refractivity contribution in [2.24, 2.45) is 4.40 Å². The van der Waals surface area contributed by atoms with Gasteiger partial charge >= 0.3 is 0 Å². The predicted octanol–water partition coefficient (Wildman–Crippen LogP) is 4.98. The van der Waals surface area contributed by atoms with Gasteiger partial charge in [0.25, 0.3) is 10.0 Å². The first-order valence-electron chi connectivity index (χ1n) is 7.69. The molecule has 5 heteroatoms. The van der Waals surface area contributed by atoms with Crippen LogP contribution < -0.4 is 0 Å². The molecule has 0 heterocycles. The largest absolute Gasteiger partial charge is 0.282 e. The van der Waals surface area contributed by atoms with E-state index in [1.807, 2.05) is 61.5 Å². The van der Waals surface area contributed by atoms with Crippen LogP contribution in [0.1, 0.15) is 16.7 Å². The fourth-order valence-electron chi connectivity index (χ4n) is 2.36. The molecule has 126 valence electrons. The molecule has 3 aromatic rings. The summed E-state index contributed by atoms with van der Waals surface area (Å²) in [5.74, 6) is 0. The van der Waals surface area contributed by atoms with Crippen molar-refractivity contribution < 1.29 is 8.42 Å². The van der Waals surface area contributed by atoms with Gasteiger partial charge in [-0.2, -0.15) is 12.8 Å². The molecule has 0 aliphatic rings. The lowest BCUT2D eigenvalue weighted by Crippen LogP contribution is -2.08. The summed E-state index contributed by atoms with van der Waals surface area (Å²) in [6, 6.07) is 23.4. The van der Waals surface area contributed by atoms with Gasteiger partial charge < -0.3 is 0 Å². The van der Waals surface area contributed by atoms with E-state index in [0.29, 0.717) is 5.71 Å². The lowest BCUT2D eigenvalue weighted by Gasteiger charge is -2.08. The zero-order chi connectivity index (χ0) is 17.9. The summed E-state index contributed by atoms with van der Waals surface area (Å²) in [5.41, 5.74) is 2.92. The van der Waals surface area contributed by atoms with E-state index in [-0.39, 0.29) is 4.90 Å². The van der Waals surface area contributed by atoms with Crippen molar-refractivity contribution in [3.8, 4) is 0 Å². The zero-order valence-electron chi connectivity index (χ0n) is 13.6. The lowest BCUT2D eigenvalue weighted by atomic mass is 10.0. The molecule has 3 nitrogen and oxygen atoms in total. The molecular weight excluding hydrogens is 398 g/mol. The van der Waals surface area contributed by atoms with E-state index >= 15 is 0 Å². The third-order valence-corrected chi connectivity index (χ3v) is 5.51. The Hall–Kier alpha value is -2.24. The maximum Gasteiger partial charge on any atom is 0.282 e. The Morgan fingerprint density at radius 2 is 1.36 bits per heavy atom. The molecule has 0 spiro atoms. The summed E-state index contributed by atoms with van der Waals surface area (Å²) in [4.78, 5) is 0.184. The minimum Gasteiger partial charge on any atom is -0.199 e. The highest BCUT2D eigenvalue weighted by molar-refractivity contribution is 9.10. The molecule has 0 amide bonds. The first-order valence-corrected chi connectivity index (χ1v) is 9.92. The molecule has 0 radical (unpaired) electrons. The van der Waals surface area contributed by atoms with Crippen molar-refractivity contribution >= 4 is 31.7 Å². The minimum atomic E-state index is -3.81. The highest BCUT2D eigenvalue weighted by Gasteiger charge is 2.16. The summed E-state index contributed by atoms with van der Waals surface area (Å²) in [6.07, 6.45) is 0. The molecule has 3 rings (SSSR count). The highest BCUT2D eigenvalue weighted by Crippen LogP contribution is 2.19. The second-order valence-electron chi connectivity index (χ2n) is 5.60. The fourth-order valence-corrected chi connectivity index (χ4v) is 3.66. The van der Waals surface area contributed by atoms with Gasteiger partial charge in [0.15, 0.2) is 0 Å². The fraction of sp³-hybridized carbons (Fsp3) is 0.0500. The van der Waals surface area contributed by atoms with Crippen LogP contribution in [0.15, 0.2) is 92.6 Å². The van der Waals surface area contributed by atoms with Crippen LogP contribution in [0, 0.1) is 6.92 Å². The van der Waals surface area contributed by atoms with E-state index < -0.39 is 10.0 Å². The van der Waals surface area contributed by atoms with Gasteiger partial charge in [-0.3, -0.25) is 0 Å². The molecule has 3 aromatic carbocycles. The zero-order valence-corrected chi connectivity index (χ0v) is 16.0. The Morgan fingerprint density at radius 3 is 1.96 bits per heavy atom. The maximum absolute atomic E-state index is 12.8. The Kier molecular flexibility index (Phi) is 5.16. The smallest absolute Gasteiger partial charge is 0.199 e. The Bertz CT molecular complexity index is 994. The number of hydrogen-bond acceptors (Lipinski definition) is 2. The van der Waals surface area contributed by atoms with Crippen LogP contribution >= 0.6 is 15.9 Å². The van der Waals surface area contributed by atoms with Crippen molar-refractivity contribution in [1.29, 1.82) is 0 Å². The summed E-state index contributed by atoms with van der Waals surface area (Å²) in [6.45, 7) is 1.91. The van der Waals surface area contributed by atoms with Gasteiger partial charge in [-0.25, -0.2) is 0 Å². The molecular formula is C20H16BrNO2S. The molecule has 0 saturated heterocycles. The maximum atomic E-state index is 12.8. The van der Waals surface area contributed by atoms with Crippen LogP contribution in [0.3, 0.4) is 0 Å². The van der Waals surface area contributed by atoms with Crippen molar-refractivity contribution in [1.82, 2.24) is 0 Å². The SMILES string of the molecule is Cc1ccc(S(=O)(=O)/N=C(\c2ccccc2)c2ccc(Br)cc2)cc1. The number of halogens is 1. The first kappa shape index (κ1) is 17.6. The Morgan fingerprint density at radius 1 is 0.800 bits per heavy atom. The number of rotatable bonds is 4. The molecule has 0 atom stereocenters. The van der Waals surface area contributed by atoms with E-state index in [2.05, 4.69) is 20.3 Å². The summed E-state index contributed by atoms with van der Waals surface area (Å²) in [7, 11) is -3.81. The van der Waals surface area contributed by atoms with Gasteiger partial charge in [0.1, 0.15) is 0 Å². The van der Waals surface area contributed by atoms with E-state index in [1.54, 1.807) is 24.3 Å². The summed E-state index contributed by atoms with van der Waals surface area (Å²) in [5, 5.41) is 0. The van der Waals surface area contributed by atoms with Crippen molar-refractivity contribution in [3.05, 3.63) is 100 Å². The molecule has 0 aliphatic heterocycles. The van der Waals surface area contributed by atoms with Gasteiger partial charge in [-0.1, -0.05) is 76.1 Å². The monoisotopic (exact) mass is 413 g/mol. The average Bonchev–Trinajstić information content (AvgIpc) is 2.62. The molecule has 0 unspecified atom stereocenters. The third-order valence-electron chi connectivity index (χ3n) is 3.70. The van der Waals surface area contributed by atoms with Gasteiger partial charge in [-0.15, -0.1) is 0 Å². The van der Waals surface area contributed by atoms with Gasteiger partial charge in [-0.05, 0) is 31.2 Å². The van der Waals surface area contributed by atoms with Crippen molar-refractivity contribution in [3.63, 3.8) is 0 Å². The molecule has 0 aromatic heterocycles. The Labute approximate surface area is 156 Å². The highest BCUT2D eigenvalue weighted by atomic mass is 79.9. The first-order chi connectivity index (χ1) is 12.0. The quantitative estimate of drug-likeness (QED) is 0.565. The lowest BCUT2D eigenvalue weighted by molar-refractivity contribution is 0.598. The van der Waals surface area contributed by atoms with Crippen molar-refractivity contribution in [2.45, 2.75) is 11.8 Å². The van der Waals surface area contributed by atoms with E-state index in [9.17, 15) is 8.42 Å². The molecule has 0 fully saturated rings. The minimum absolute atomic E-state index is 0.184. The van der Waals surface area contributed by atoms with Crippen molar-refractivity contribution in [2.75, 3.05) is 0 Å². The van der Waals surface area contributed by atoms with Gasteiger partial charge in [0.05, 0.1) is 10.6 Å². The second-order valence-corrected chi connectivity index (χ2v) is 8.12. The van der Waals surface area contributed by atoms with Crippen LogP contribution in [0.5, 0.6) is 0 Å². The number of benzene rings is 3. The van der Waals surface area contributed by atoms with Gasteiger partial charge in [0, 0.05) is 15.6 Å². The van der Waals surface area contributed by atoms with Crippen LogP contribution in [0.4, 0.5) is 0 Å². The third kappa shape index (κ3) is 4.24. The van der Waals surface area contributed by atoms with E-state index in [0.717, 1.165) is 21.2 Å². The predicted molar refractivity (Wildman–Crippen MR) is 105 cm³/mol. The Balaban J connectivity index is 2.15.